The van der Waals surface area contributed by atoms with Gasteiger partial charge >= 0.3 is 0 Å². The SMILES string of the molecule is CCC(C[C@H](C)c1ccc2cnc(C[C@H](C)c3ccccn3)cc2c1)n1cc(C(C)C)cn1. The van der Waals surface area contributed by atoms with Crippen LogP contribution in [0.3, 0.4) is 0 Å². The van der Waals surface area contributed by atoms with E-state index in [9.17, 15) is 0 Å². The summed E-state index contributed by atoms with van der Waals surface area (Å²) in [5, 5.41) is 7.14. The fourth-order valence-corrected chi connectivity index (χ4v) is 4.57. The Balaban J connectivity index is 1.51. The average molecular weight is 441 g/mol. The first-order chi connectivity index (χ1) is 15.9. The Labute approximate surface area is 198 Å². The van der Waals surface area contributed by atoms with Crippen molar-refractivity contribution < 1.29 is 0 Å². The molecule has 0 radical (unpaired) electrons. The van der Waals surface area contributed by atoms with Gasteiger partial charge in [0.25, 0.3) is 0 Å². The van der Waals surface area contributed by atoms with Crippen molar-refractivity contribution in [3.05, 3.63) is 89.8 Å². The second-order valence-electron chi connectivity index (χ2n) is 9.75. The predicted molar refractivity (Wildman–Crippen MR) is 137 cm³/mol. The number of pyridine rings is 2. The lowest BCUT2D eigenvalue weighted by molar-refractivity contribution is 0.388. The molecule has 4 nitrogen and oxygen atoms in total. The summed E-state index contributed by atoms with van der Waals surface area (Å²) in [5.74, 6) is 1.31. The van der Waals surface area contributed by atoms with E-state index in [0.717, 1.165) is 30.7 Å². The molecule has 1 unspecified atom stereocenters. The van der Waals surface area contributed by atoms with Crippen molar-refractivity contribution in [1.82, 2.24) is 19.7 Å². The van der Waals surface area contributed by atoms with E-state index >= 15 is 0 Å². The van der Waals surface area contributed by atoms with Crippen LogP contribution in [0.15, 0.2) is 67.3 Å². The first kappa shape index (κ1) is 23.2. The zero-order valence-corrected chi connectivity index (χ0v) is 20.6. The highest BCUT2D eigenvalue weighted by atomic mass is 15.3. The minimum absolute atomic E-state index is 0.341. The van der Waals surface area contributed by atoms with Crippen molar-refractivity contribution in [2.45, 2.75) is 77.7 Å². The van der Waals surface area contributed by atoms with Crippen LogP contribution in [-0.4, -0.2) is 19.7 Å². The minimum atomic E-state index is 0.341. The normalized spacial score (nSPS) is 14.5. The molecule has 1 aromatic carbocycles. The van der Waals surface area contributed by atoms with Crippen molar-refractivity contribution in [1.29, 1.82) is 0 Å². The van der Waals surface area contributed by atoms with Crippen LogP contribution < -0.4 is 0 Å². The Kier molecular flexibility index (Phi) is 7.22. The molecule has 4 heteroatoms. The summed E-state index contributed by atoms with van der Waals surface area (Å²) in [4.78, 5) is 9.24. The van der Waals surface area contributed by atoms with Crippen LogP contribution in [0.4, 0.5) is 0 Å². The van der Waals surface area contributed by atoms with Crippen molar-refractivity contribution in [3.8, 4) is 0 Å². The lowest BCUT2D eigenvalue weighted by Gasteiger charge is -2.21. The van der Waals surface area contributed by atoms with Gasteiger partial charge in [-0.2, -0.15) is 5.10 Å². The maximum absolute atomic E-state index is 4.73. The van der Waals surface area contributed by atoms with Gasteiger partial charge in [0.2, 0.25) is 0 Å². The lowest BCUT2D eigenvalue weighted by atomic mass is 9.91. The van der Waals surface area contributed by atoms with Gasteiger partial charge in [-0.05, 0) is 65.8 Å². The third-order valence-electron chi connectivity index (χ3n) is 6.84. The molecule has 0 bridgehead atoms. The van der Waals surface area contributed by atoms with Crippen LogP contribution in [0.1, 0.15) is 93.8 Å². The number of nitrogens with zero attached hydrogens (tertiary/aromatic N) is 4. The Morgan fingerprint density at radius 3 is 2.39 bits per heavy atom. The molecule has 33 heavy (non-hydrogen) atoms. The predicted octanol–water partition coefficient (Wildman–Crippen LogP) is 7.44. The lowest BCUT2D eigenvalue weighted by Crippen LogP contribution is -2.12. The maximum atomic E-state index is 4.73. The molecule has 3 heterocycles. The molecule has 0 N–H and O–H groups in total. The largest absolute Gasteiger partial charge is 0.269 e. The summed E-state index contributed by atoms with van der Waals surface area (Å²) in [6.45, 7) is 11.3. The van der Waals surface area contributed by atoms with E-state index < -0.39 is 0 Å². The van der Waals surface area contributed by atoms with E-state index in [1.165, 1.54) is 21.9 Å². The van der Waals surface area contributed by atoms with E-state index in [0.29, 0.717) is 23.8 Å². The molecule has 0 aliphatic carbocycles. The van der Waals surface area contributed by atoms with Crippen molar-refractivity contribution in [3.63, 3.8) is 0 Å². The first-order valence-electron chi connectivity index (χ1n) is 12.3. The molecule has 172 valence electrons. The molecule has 0 spiro atoms. The molecular weight excluding hydrogens is 404 g/mol. The van der Waals surface area contributed by atoms with Crippen LogP contribution in [-0.2, 0) is 6.42 Å². The van der Waals surface area contributed by atoms with E-state index in [-0.39, 0.29) is 0 Å². The smallest absolute Gasteiger partial charge is 0.0524 e. The Morgan fingerprint density at radius 2 is 1.70 bits per heavy atom. The fourth-order valence-electron chi connectivity index (χ4n) is 4.57. The number of benzene rings is 1. The van der Waals surface area contributed by atoms with Crippen LogP contribution in [0.2, 0.25) is 0 Å². The highest BCUT2D eigenvalue weighted by Crippen LogP contribution is 2.31. The van der Waals surface area contributed by atoms with Crippen LogP contribution in [0.25, 0.3) is 10.8 Å². The summed E-state index contributed by atoms with van der Waals surface area (Å²) < 4.78 is 2.17. The van der Waals surface area contributed by atoms with Gasteiger partial charge in [-0.3, -0.25) is 14.6 Å². The second-order valence-corrected chi connectivity index (χ2v) is 9.75. The van der Waals surface area contributed by atoms with Gasteiger partial charge in [0.1, 0.15) is 0 Å². The third-order valence-corrected chi connectivity index (χ3v) is 6.84. The second kappa shape index (κ2) is 10.3. The molecular formula is C29H36N4. The fraction of sp³-hybridized carbons (Fsp3) is 0.414. The molecule has 0 fully saturated rings. The van der Waals surface area contributed by atoms with E-state index in [4.69, 9.17) is 4.98 Å². The van der Waals surface area contributed by atoms with Crippen molar-refractivity contribution in [2.24, 2.45) is 0 Å². The summed E-state index contributed by atoms with van der Waals surface area (Å²) in [6, 6.07) is 15.6. The van der Waals surface area contributed by atoms with Crippen LogP contribution >= 0.6 is 0 Å². The zero-order valence-electron chi connectivity index (χ0n) is 20.6. The summed E-state index contributed by atoms with van der Waals surface area (Å²) in [5.41, 5.74) is 4.93. The Morgan fingerprint density at radius 1 is 0.848 bits per heavy atom. The van der Waals surface area contributed by atoms with Crippen molar-refractivity contribution in [2.75, 3.05) is 0 Å². The van der Waals surface area contributed by atoms with Gasteiger partial charge in [0, 0.05) is 41.3 Å². The van der Waals surface area contributed by atoms with E-state index in [1.807, 2.05) is 24.7 Å². The number of fused-ring (bicyclic) bond motifs is 1. The quantitative estimate of drug-likeness (QED) is 0.272. The third kappa shape index (κ3) is 5.50. The molecule has 3 aromatic heterocycles. The van der Waals surface area contributed by atoms with E-state index in [2.05, 4.69) is 92.0 Å². The number of hydrogen-bond donors (Lipinski definition) is 0. The average Bonchev–Trinajstić information content (AvgIpc) is 3.33. The summed E-state index contributed by atoms with van der Waals surface area (Å²) >= 11 is 0. The van der Waals surface area contributed by atoms with Crippen LogP contribution in [0.5, 0.6) is 0 Å². The molecule has 3 atom stereocenters. The topological polar surface area (TPSA) is 43.6 Å². The Hall–Kier alpha value is -3.01. The highest BCUT2D eigenvalue weighted by molar-refractivity contribution is 5.82. The Bertz CT molecular complexity index is 1180. The molecule has 4 aromatic rings. The van der Waals surface area contributed by atoms with Crippen LogP contribution in [0, 0.1) is 0 Å². The van der Waals surface area contributed by atoms with Gasteiger partial charge < -0.3 is 0 Å². The summed E-state index contributed by atoms with van der Waals surface area (Å²) in [6.07, 6.45) is 11.2. The first-order valence-corrected chi connectivity index (χ1v) is 12.3. The molecule has 4 rings (SSSR count). The maximum Gasteiger partial charge on any atom is 0.0524 e. The minimum Gasteiger partial charge on any atom is -0.269 e. The van der Waals surface area contributed by atoms with Crippen molar-refractivity contribution >= 4 is 10.8 Å². The molecule has 0 saturated heterocycles. The zero-order chi connectivity index (χ0) is 23.4. The summed E-state index contributed by atoms with van der Waals surface area (Å²) in [7, 11) is 0. The monoisotopic (exact) mass is 440 g/mol. The number of hydrogen-bond acceptors (Lipinski definition) is 3. The molecule has 0 saturated carbocycles. The van der Waals surface area contributed by atoms with Gasteiger partial charge in [-0.15, -0.1) is 0 Å². The highest BCUT2D eigenvalue weighted by Gasteiger charge is 2.17. The molecule has 0 amide bonds. The van der Waals surface area contributed by atoms with E-state index in [1.54, 1.807) is 0 Å². The van der Waals surface area contributed by atoms with Gasteiger partial charge in [0.05, 0.1) is 12.2 Å². The number of rotatable bonds is 9. The van der Waals surface area contributed by atoms with Gasteiger partial charge in [-0.25, -0.2) is 0 Å². The van der Waals surface area contributed by atoms with Gasteiger partial charge in [-0.1, -0.05) is 58.9 Å². The number of aromatic nitrogens is 4. The standard InChI is InChI=1S/C29H36N4/c1-6-28(33-19-26(18-32-33)20(2)3)14-21(4)23-10-11-24-17-31-27(16-25(24)15-23)13-22(5)29-9-7-8-12-30-29/h7-12,15-22,28H,6,13-14H2,1-5H3/t21-,22-,28?/m0/s1. The molecule has 0 aliphatic rings. The van der Waals surface area contributed by atoms with Gasteiger partial charge in [0.15, 0.2) is 0 Å². The molecule has 0 aliphatic heterocycles.